The lowest BCUT2D eigenvalue weighted by Gasteiger charge is -2.42. The Hall–Kier alpha value is -2.09. The zero-order chi connectivity index (χ0) is 22.3. The molecule has 8 heteroatoms. The SMILES string of the molecule is CC(C)C(C(=O)N1[C@H]2CC[C@H]1CC(NC(=O)C(C)(O)C(F)(F)F)C2)c1ccccc1. The van der Waals surface area contributed by atoms with Gasteiger partial charge in [-0.05, 0) is 44.1 Å². The van der Waals surface area contributed by atoms with E-state index in [2.05, 4.69) is 5.32 Å². The highest BCUT2D eigenvalue weighted by atomic mass is 19.4. The molecule has 0 aromatic heterocycles. The molecule has 3 rings (SSSR count). The van der Waals surface area contributed by atoms with E-state index in [0.717, 1.165) is 18.4 Å². The second-order valence-electron chi connectivity index (χ2n) is 8.97. The number of nitrogens with zero attached hydrogens (tertiary/aromatic N) is 1. The number of hydrogen-bond donors (Lipinski definition) is 2. The fraction of sp³-hybridized carbons (Fsp3) is 0.636. The Kier molecular flexibility index (Phi) is 6.18. The number of benzene rings is 1. The minimum absolute atomic E-state index is 0.0377. The number of rotatable bonds is 5. The summed E-state index contributed by atoms with van der Waals surface area (Å²) in [6.07, 6.45) is -2.74. The van der Waals surface area contributed by atoms with Gasteiger partial charge in [0, 0.05) is 18.1 Å². The highest BCUT2D eigenvalue weighted by Gasteiger charge is 2.56. The third kappa shape index (κ3) is 4.19. The lowest BCUT2D eigenvalue weighted by atomic mass is 9.85. The monoisotopic (exact) mass is 426 g/mol. The van der Waals surface area contributed by atoms with Gasteiger partial charge < -0.3 is 15.3 Å². The zero-order valence-corrected chi connectivity index (χ0v) is 17.4. The summed E-state index contributed by atoms with van der Waals surface area (Å²) in [4.78, 5) is 27.4. The molecule has 2 bridgehead atoms. The fourth-order valence-corrected chi connectivity index (χ4v) is 4.74. The predicted molar refractivity (Wildman–Crippen MR) is 106 cm³/mol. The van der Waals surface area contributed by atoms with Crippen LogP contribution in [-0.4, -0.2) is 51.7 Å². The van der Waals surface area contributed by atoms with Gasteiger partial charge in [-0.25, -0.2) is 0 Å². The highest BCUT2D eigenvalue weighted by Crippen LogP contribution is 2.40. The van der Waals surface area contributed by atoms with Crippen molar-refractivity contribution in [1.29, 1.82) is 0 Å². The van der Waals surface area contributed by atoms with Crippen LogP contribution in [-0.2, 0) is 9.59 Å². The maximum Gasteiger partial charge on any atom is 0.426 e. The lowest BCUT2D eigenvalue weighted by molar-refractivity contribution is -0.245. The molecule has 4 atom stereocenters. The van der Waals surface area contributed by atoms with Crippen molar-refractivity contribution in [3.8, 4) is 0 Å². The number of halogens is 3. The summed E-state index contributed by atoms with van der Waals surface area (Å²) in [5.74, 6) is -1.59. The quantitative estimate of drug-likeness (QED) is 0.759. The maximum absolute atomic E-state index is 13.5. The number of hydrogen-bond acceptors (Lipinski definition) is 3. The number of nitrogens with one attached hydrogen (secondary N) is 1. The van der Waals surface area contributed by atoms with Crippen molar-refractivity contribution < 1.29 is 27.9 Å². The number of carbonyl (C=O) groups excluding carboxylic acids is 2. The van der Waals surface area contributed by atoms with E-state index in [4.69, 9.17) is 0 Å². The van der Waals surface area contributed by atoms with Crippen molar-refractivity contribution in [3.05, 3.63) is 35.9 Å². The van der Waals surface area contributed by atoms with Crippen LogP contribution in [0.4, 0.5) is 13.2 Å². The number of carbonyl (C=O) groups is 2. The third-order valence-electron chi connectivity index (χ3n) is 6.41. The van der Waals surface area contributed by atoms with Gasteiger partial charge in [0.05, 0.1) is 5.92 Å². The fourth-order valence-electron chi connectivity index (χ4n) is 4.74. The van der Waals surface area contributed by atoms with Gasteiger partial charge in [-0.2, -0.15) is 13.2 Å². The molecule has 166 valence electrons. The molecule has 0 radical (unpaired) electrons. The van der Waals surface area contributed by atoms with E-state index >= 15 is 0 Å². The average molecular weight is 426 g/mol. The molecule has 2 fully saturated rings. The van der Waals surface area contributed by atoms with E-state index in [1.807, 2.05) is 49.1 Å². The van der Waals surface area contributed by atoms with Crippen LogP contribution in [0.3, 0.4) is 0 Å². The van der Waals surface area contributed by atoms with Gasteiger partial charge in [0.25, 0.3) is 5.91 Å². The van der Waals surface area contributed by atoms with Crippen molar-refractivity contribution in [2.45, 2.75) is 82.3 Å². The summed E-state index contributed by atoms with van der Waals surface area (Å²) in [5.41, 5.74) is -2.48. The van der Waals surface area contributed by atoms with Crippen LogP contribution in [0, 0.1) is 5.92 Å². The van der Waals surface area contributed by atoms with Gasteiger partial charge in [0.1, 0.15) is 0 Å². The Labute approximate surface area is 174 Å². The van der Waals surface area contributed by atoms with Crippen LogP contribution in [0.25, 0.3) is 0 Å². The van der Waals surface area contributed by atoms with E-state index in [-0.39, 0.29) is 29.8 Å². The van der Waals surface area contributed by atoms with Gasteiger partial charge in [0.2, 0.25) is 11.5 Å². The van der Waals surface area contributed by atoms with E-state index in [1.165, 1.54) is 0 Å². The van der Waals surface area contributed by atoms with Crippen LogP contribution in [0.15, 0.2) is 30.3 Å². The number of alkyl halides is 3. The van der Waals surface area contributed by atoms with Crippen molar-refractivity contribution in [2.75, 3.05) is 0 Å². The molecular weight excluding hydrogens is 397 g/mol. The second-order valence-corrected chi connectivity index (χ2v) is 8.97. The Morgan fingerprint density at radius 3 is 2.10 bits per heavy atom. The molecule has 5 nitrogen and oxygen atoms in total. The lowest BCUT2D eigenvalue weighted by Crippen LogP contribution is -2.60. The van der Waals surface area contributed by atoms with Gasteiger partial charge in [-0.1, -0.05) is 44.2 Å². The summed E-state index contributed by atoms with van der Waals surface area (Å²) in [5, 5.41) is 12.0. The summed E-state index contributed by atoms with van der Waals surface area (Å²) in [6.45, 7) is 4.47. The van der Waals surface area contributed by atoms with Gasteiger partial charge >= 0.3 is 6.18 Å². The first kappa shape index (κ1) is 22.6. The Morgan fingerprint density at radius 1 is 1.10 bits per heavy atom. The number of amides is 2. The van der Waals surface area contributed by atoms with Crippen molar-refractivity contribution in [2.24, 2.45) is 5.92 Å². The first-order valence-corrected chi connectivity index (χ1v) is 10.4. The van der Waals surface area contributed by atoms with Crippen LogP contribution >= 0.6 is 0 Å². The average Bonchev–Trinajstić information content (AvgIpc) is 2.92. The molecule has 30 heavy (non-hydrogen) atoms. The zero-order valence-electron chi connectivity index (χ0n) is 17.4. The molecule has 2 aliphatic heterocycles. The van der Waals surface area contributed by atoms with Crippen LogP contribution < -0.4 is 5.32 Å². The predicted octanol–water partition coefficient (Wildman–Crippen LogP) is 3.38. The maximum atomic E-state index is 13.5. The largest absolute Gasteiger partial charge is 0.426 e. The molecule has 2 amide bonds. The van der Waals surface area contributed by atoms with Gasteiger partial charge in [-0.15, -0.1) is 0 Å². The smallest absolute Gasteiger partial charge is 0.373 e. The van der Waals surface area contributed by atoms with E-state index in [9.17, 15) is 27.9 Å². The standard InChI is InChI=1S/C22H29F3N2O3/c1-13(2)18(14-7-5-4-6-8-14)19(28)27-16-9-10-17(27)12-15(11-16)26-20(29)21(3,30)22(23,24)25/h4-8,13,15-18,30H,9-12H2,1-3H3,(H,26,29)/t16-,17-,18?,21?/m0/s1. The van der Waals surface area contributed by atoms with Crippen molar-refractivity contribution >= 4 is 11.8 Å². The first-order valence-electron chi connectivity index (χ1n) is 10.4. The molecule has 2 heterocycles. The van der Waals surface area contributed by atoms with Crippen LogP contribution in [0.5, 0.6) is 0 Å². The minimum Gasteiger partial charge on any atom is -0.373 e. The summed E-state index contributed by atoms with van der Waals surface area (Å²) < 4.78 is 38.8. The van der Waals surface area contributed by atoms with Crippen LogP contribution in [0.2, 0.25) is 0 Å². The molecule has 2 saturated heterocycles. The Balaban J connectivity index is 1.72. The van der Waals surface area contributed by atoms with Gasteiger partial charge in [0.15, 0.2) is 0 Å². The molecule has 0 saturated carbocycles. The molecule has 2 unspecified atom stereocenters. The molecule has 0 spiro atoms. The second kappa shape index (κ2) is 8.21. The normalized spacial score (nSPS) is 26.9. The van der Waals surface area contributed by atoms with Crippen molar-refractivity contribution in [3.63, 3.8) is 0 Å². The van der Waals surface area contributed by atoms with E-state index < -0.39 is 23.7 Å². The first-order chi connectivity index (χ1) is 13.9. The van der Waals surface area contributed by atoms with E-state index in [0.29, 0.717) is 19.8 Å². The number of fused-ring (bicyclic) bond motifs is 2. The van der Waals surface area contributed by atoms with Crippen molar-refractivity contribution in [1.82, 2.24) is 10.2 Å². The number of aliphatic hydroxyl groups is 1. The van der Waals surface area contributed by atoms with E-state index in [1.54, 1.807) is 0 Å². The van der Waals surface area contributed by atoms with Crippen LogP contribution in [0.1, 0.15) is 57.9 Å². The Bertz CT molecular complexity index is 766. The summed E-state index contributed by atoms with van der Waals surface area (Å²) in [7, 11) is 0. The number of piperidine rings is 1. The minimum atomic E-state index is -5.05. The molecule has 2 aliphatic rings. The third-order valence-corrected chi connectivity index (χ3v) is 6.41. The van der Waals surface area contributed by atoms with Gasteiger partial charge in [-0.3, -0.25) is 9.59 Å². The summed E-state index contributed by atoms with van der Waals surface area (Å²) in [6, 6.07) is 8.85. The topological polar surface area (TPSA) is 69.6 Å². The molecule has 2 N–H and O–H groups in total. The molecule has 0 aliphatic carbocycles. The molecular formula is C22H29F3N2O3. The Morgan fingerprint density at radius 2 is 1.63 bits per heavy atom. The molecule has 1 aromatic rings. The summed E-state index contributed by atoms with van der Waals surface area (Å²) >= 11 is 0. The highest BCUT2D eigenvalue weighted by molar-refractivity contribution is 5.86. The molecule has 1 aromatic carbocycles.